The Balaban J connectivity index is 2.31. The zero-order chi connectivity index (χ0) is 16.2. The Morgan fingerprint density at radius 3 is 2.45 bits per heavy atom. The van der Waals surface area contributed by atoms with Gasteiger partial charge in [0, 0.05) is 6.04 Å². The molecule has 1 aliphatic rings. The van der Waals surface area contributed by atoms with Gasteiger partial charge in [0.1, 0.15) is 6.61 Å². The molecule has 1 saturated heterocycles. The van der Waals surface area contributed by atoms with E-state index < -0.39 is 0 Å². The predicted octanol–water partition coefficient (Wildman–Crippen LogP) is 3.90. The number of unbranched alkanes of at least 4 members (excludes halogenated alkanes) is 6. The van der Waals surface area contributed by atoms with Crippen LogP contribution in [0.2, 0.25) is 0 Å². The van der Waals surface area contributed by atoms with Crippen molar-refractivity contribution in [3.05, 3.63) is 0 Å². The number of carbonyl (C=O) groups is 2. The van der Waals surface area contributed by atoms with Gasteiger partial charge in [-0.15, -0.1) is 0 Å². The monoisotopic (exact) mass is 313 g/mol. The molecule has 1 rings (SSSR count). The molecule has 128 valence electrons. The molecule has 5 nitrogen and oxygen atoms in total. The summed E-state index contributed by atoms with van der Waals surface area (Å²) >= 11 is 0. The highest BCUT2D eigenvalue weighted by molar-refractivity contribution is 5.73. The van der Waals surface area contributed by atoms with Gasteiger partial charge in [0.2, 0.25) is 0 Å². The number of rotatable bonds is 12. The molecule has 0 bridgehead atoms. The first kappa shape index (κ1) is 18.8. The highest BCUT2D eigenvalue weighted by atomic mass is 16.6. The number of esters is 1. The summed E-state index contributed by atoms with van der Waals surface area (Å²) < 4.78 is 10.0. The van der Waals surface area contributed by atoms with Gasteiger partial charge in [-0.3, -0.25) is 4.79 Å². The minimum atomic E-state index is -0.294. The van der Waals surface area contributed by atoms with E-state index >= 15 is 0 Å². The molecule has 1 heterocycles. The lowest BCUT2D eigenvalue weighted by molar-refractivity contribution is -0.144. The van der Waals surface area contributed by atoms with Crippen LogP contribution in [0.15, 0.2) is 0 Å². The second kappa shape index (κ2) is 11.3. The smallest absolute Gasteiger partial charge is 0.410 e. The van der Waals surface area contributed by atoms with Crippen LogP contribution < -0.4 is 0 Å². The molecule has 0 N–H and O–H groups in total. The molecular formula is C17H31NO4. The minimum Gasteiger partial charge on any atom is -0.466 e. The fraction of sp³-hybridized carbons (Fsp3) is 0.882. The molecule has 0 aromatic rings. The Hall–Kier alpha value is -1.26. The SMILES string of the molecule is CCCCCCCCCC(CC(=O)OCC)N1CCOC1=O. The van der Waals surface area contributed by atoms with Gasteiger partial charge in [-0.1, -0.05) is 51.9 Å². The van der Waals surface area contributed by atoms with Gasteiger partial charge < -0.3 is 14.4 Å². The first-order chi connectivity index (χ1) is 10.7. The van der Waals surface area contributed by atoms with E-state index in [9.17, 15) is 9.59 Å². The third kappa shape index (κ3) is 7.14. The van der Waals surface area contributed by atoms with Crippen molar-refractivity contribution in [3.63, 3.8) is 0 Å². The quantitative estimate of drug-likeness (QED) is 0.405. The van der Waals surface area contributed by atoms with E-state index in [0.29, 0.717) is 19.8 Å². The fourth-order valence-electron chi connectivity index (χ4n) is 2.85. The average molecular weight is 313 g/mol. The molecule has 0 aromatic carbocycles. The van der Waals surface area contributed by atoms with Gasteiger partial charge in [0.15, 0.2) is 0 Å². The second-order valence-corrected chi connectivity index (χ2v) is 5.88. The maximum atomic E-state index is 11.7. The number of cyclic esters (lactones) is 1. The van der Waals surface area contributed by atoms with E-state index in [4.69, 9.17) is 9.47 Å². The number of ether oxygens (including phenoxy) is 2. The lowest BCUT2D eigenvalue weighted by Crippen LogP contribution is -2.38. The summed E-state index contributed by atoms with van der Waals surface area (Å²) in [7, 11) is 0. The van der Waals surface area contributed by atoms with Crippen molar-refractivity contribution in [2.45, 2.75) is 77.7 Å². The first-order valence-corrected chi connectivity index (χ1v) is 8.78. The molecule has 5 heteroatoms. The lowest BCUT2D eigenvalue weighted by atomic mass is 10.0. The minimum absolute atomic E-state index is 0.0790. The van der Waals surface area contributed by atoms with Crippen molar-refractivity contribution in [2.75, 3.05) is 19.8 Å². The summed E-state index contributed by atoms with van der Waals surface area (Å²) in [4.78, 5) is 25.1. The van der Waals surface area contributed by atoms with Crippen LogP contribution in [0.25, 0.3) is 0 Å². The molecule has 22 heavy (non-hydrogen) atoms. The molecule has 0 spiro atoms. The van der Waals surface area contributed by atoms with Gasteiger partial charge in [-0.05, 0) is 13.3 Å². The van der Waals surface area contributed by atoms with E-state index in [1.165, 1.54) is 32.1 Å². The standard InChI is InChI=1S/C17H31NO4/c1-3-5-6-7-8-9-10-11-15(14-16(19)21-4-2)18-12-13-22-17(18)20/h15H,3-14H2,1-2H3. The van der Waals surface area contributed by atoms with Crippen molar-refractivity contribution < 1.29 is 19.1 Å². The van der Waals surface area contributed by atoms with Gasteiger partial charge >= 0.3 is 12.1 Å². The van der Waals surface area contributed by atoms with Gasteiger partial charge in [-0.25, -0.2) is 4.79 Å². The lowest BCUT2D eigenvalue weighted by Gasteiger charge is -2.24. The summed E-state index contributed by atoms with van der Waals surface area (Å²) in [5, 5.41) is 0. The molecule has 1 atom stereocenters. The highest BCUT2D eigenvalue weighted by Crippen LogP contribution is 2.19. The molecule has 1 amide bonds. The summed E-state index contributed by atoms with van der Waals surface area (Å²) in [5.41, 5.74) is 0. The van der Waals surface area contributed by atoms with Crippen LogP contribution in [0.1, 0.15) is 71.6 Å². The van der Waals surface area contributed by atoms with Gasteiger partial charge in [0.25, 0.3) is 0 Å². The Morgan fingerprint density at radius 2 is 1.86 bits per heavy atom. The van der Waals surface area contributed by atoms with E-state index in [0.717, 1.165) is 19.3 Å². The number of hydrogen-bond acceptors (Lipinski definition) is 4. The number of nitrogens with zero attached hydrogens (tertiary/aromatic N) is 1. The maximum Gasteiger partial charge on any atom is 0.410 e. The molecule has 0 saturated carbocycles. The Morgan fingerprint density at radius 1 is 1.18 bits per heavy atom. The Kier molecular flexibility index (Phi) is 9.67. The van der Waals surface area contributed by atoms with Gasteiger partial charge in [0.05, 0.1) is 19.6 Å². The van der Waals surface area contributed by atoms with Crippen molar-refractivity contribution in [3.8, 4) is 0 Å². The molecule has 1 aliphatic heterocycles. The molecule has 0 aliphatic carbocycles. The molecule has 0 aromatic heterocycles. The Bertz CT molecular complexity index is 333. The summed E-state index contributed by atoms with van der Waals surface area (Å²) in [5.74, 6) is -0.227. The Labute approximate surface area is 134 Å². The van der Waals surface area contributed by atoms with Crippen LogP contribution in [0.4, 0.5) is 4.79 Å². The highest BCUT2D eigenvalue weighted by Gasteiger charge is 2.31. The third-order valence-electron chi connectivity index (χ3n) is 4.08. The topological polar surface area (TPSA) is 55.8 Å². The van der Waals surface area contributed by atoms with Crippen LogP contribution >= 0.6 is 0 Å². The molecule has 1 unspecified atom stereocenters. The van der Waals surface area contributed by atoms with E-state index in [1.807, 2.05) is 0 Å². The normalized spacial score (nSPS) is 15.7. The van der Waals surface area contributed by atoms with Crippen molar-refractivity contribution in [1.29, 1.82) is 0 Å². The van der Waals surface area contributed by atoms with Crippen LogP contribution in [0.5, 0.6) is 0 Å². The molecule has 0 radical (unpaired) electrons. The van der Waals surface area contributed by atoms with Crippen molar-refractivity contribution >= 4 is 12.1 Å². The van der Waals surface area contributed by atoms with Crippen LogP contribution in [0.3, 0.4) is 0 Å². The zero-order valence-electron chi connectivity index (χ0n) is 14.1. The summed E-state index contributed by atoms with van der Waals surface area (Å²) in [6.45, 7) is 5.41. The number of hydrogen-bond donors (Lipinski definition) is 0. The number of amides is 1. The van der Waals surface area contributed by atoms with Crippen LogP contribution in [-0.4, -0.2) is 42.8 Å². The average Bonchev–Trinajstić information content (AvgIpc) is 2.91. The number of carbonyl (C=O) groups excluding carboxylic acids is 2. The van der Waals surface area contributed by atoms with Crippen molar-refractivity contribution in [1.82, 2.24) is 4.90 Å². The molecule has 1 fully saturated rings. The second-order valence-electron chi connectivity index (χ2n) is 5.88. The zero-order valence-corrected chi connectivity index (χ0v) is 14.1. The first-order valence-electron chi connectivity index (χ1n) is 8.78. The third-order valence-corrected chi connectivity index (χ3v) is 4.08. The van der Waals surface area contributed by atoms with Gasteiger partial charge in [-0.2, -0.15) is 0 Å². The summed E-state index contributed by atoms with van der Waals surface area (Å²) in [6.07, 6.45) is 9.42. The van der Waals surface area contributed by atoms with Crippen molar-refractivity contribution in [2.24, 2.45) is 0 Å². The van der Waals surface area contributed by atoms with Crippen LogP contribution in [-0.2, 0) is 14.3 Å². The van der Waals surface area contributed by atoms with E-state index in [1.54, 1.807) is 11.8 Å². The summed E-state index contributed by atoms with van der Waals surface area (Å²) in [6, 6.07) is -0.0790. The predicted molar refractivity (Wildman–Crippen MR) is 85.7 cm³/mol. The molecular weight excluding hydrogens is 282 g/mol. The fourth-order valence-corrected chi connectivity index (χ4v) is 2.85. The van der Waals surface area contributed by atoms with E-state index in [-0.39, 0.29) is 24.5 Å². The largest absolute Gasteiger partial charge is 0.466 e. The van der Waals surface area contributed by atoms with E-state index in [2.05, 4.69) is 6.92 Å². The maximum absolute atomic E-state index is 11.7. The van der Waals surface area contributed by atoms with Crippen LogP contribution in [0, 0.1) is 0 Å².